The van der Waals surface area contributed by atoms with E-state index < -0.39 is 8.07 Å². The predicted octanol–water partition coefficient (Wildman–Crippen LogP) is 3.68. The highest BCUT2D eigenvalue weighted by atomic mass is 79.9. The van der Waals surface area contributed by atoms with Crippen LogP contribution < -0.4 is 0 Å². The van der Waals surface area contributed by atoms with Crippen molar-refractivity contribution in [3.05, 3.63) is 51.1 Å². The molecule has 4 rings (SSSR count). The molecule has 4 heterocycles. The van der Waals surface area contributed by atoms with Gasteiger partial charge in [0.15, 0.2) is 0 Å². The average molecular weight is 594 g/mol. The Morgan fingerprint density at radius 3 is 1.97 bits per heavy atom. The number of aromatic nitrogens is 10. The van der Waals surface area contributed by atoms with Crippen molar-refractivity contribution in [2.45, 2.75) is 25.7 Å². The lowest BCUT2D eigenvalue weighted by Gasteiger charge is -2.07. The lowest BCUT2D eigenvalue weighted by Crippen LogP contribution is -2.19. The molecule has 0 aliphatic heterocycles. The number of H-pyrrole nitrogens is 1. The van der Waals surface area contributed by atoms with Crippen LogP contribution in [0.2, 0.25) is 25.7 Å². The molecule has 15 heteroatoms. The van der Waals surface area contributed by atoms with Crippen LogP contribution in [0.1, 0.15) is 0 Å². The molecule has 0 aliphatic carbocycles. The number of nitrogens with one attached hydrogen (secondary N) is 1. The fourth-order valence-electron chi connectivity index (χ4n) is 1.99. The second-order valence-electron chi connectivity index (χ2n) is 7.62. The van der Waals surface area contributed by atoms with Gasteiger partial charge in [-0.3, -0.25) is 9.97 Å². The number of hydrogen-bond acceptors (Lipinski definition) is 8. The third-order valence-corrected chi connectivity index (χ3v) is 5.90. The van der Waals surface area contributed by atoms with Crippen LogP contribution in [0.5, 0.6) is 0 Å². The van der Waals surface area contributed by atoms with Crippen LogP contribution in [0, 0.1) is 0 Å². The lowest BCUT2D eigenvalue weighted by atomic mass is 10.3. The lowest BCUT2D eigenvalue weighted by molar-refractivity contribution is 0.00289. The Kier molecular flexibility index (Phi) is 10.3. The van der Waals surface area contributed by atoms with Gasteiger partial charge in [-0.1, -0.05) is 19.6 Å². The summed E-state index contributed by atoms with van der Waals surface area (Å²) < 4.78 is 1.86. The summed E-state index contributed by atoms with van der Waals surface area (Å²) in [5.74, 6) is 1.04. The maximum atomic E-state index is 8.02. The normalized spacial score (nSPS) is 10.2. The molecule has 0 unspecified atom stereocenters. The standard InChI is InChI=1S/C7H6BrN5.C6H4BrN5.C5H12N2Si/c1-13-11-7(10-12-13)6-3-2-5(8)4-9-6;7-4-1-2-5(8-3-4)6-9-11-12-10-6;1-8(2,3)5-4-7-6/h2-4H,1H3;1-3H,(H,9,10,11,12);4H,5H2,1-3H3. The van der Waals surface area contributed by atoms with E-state index in [1.54, 1.807) is 25.7 Å². The first-order chi connectivity index (χ1) is 15.7. The number of hydrogen-bond donors (Lipinski definition) is 1. The second kappa shape index (κ2) is 12.9. The molecule has 33 heavy (non-hydrogen) atoms. The Bertz CT molecular complexity index is 1150. The minimum atomic E-state index is -0.987. The van der Waals surface area contributed by atoms with Crippen molar-refractivity contribution in [3.8, 4) is 23.0 Å². The van der Waals surface area contributed by atoms with Gasteiger partial charge in [0.25, 0.3) is 6.21 Å². The Hall–Kier alpha value is -3.00. The molecule has 172 valence electrons. The van der Waals surface area contributed by atoms with E-state index in [2.05, 4.69) is 102 Å². The highest BCUT2D eigenvalue weighted by molar-refractivity contribution is 9.10. The summed E-state index contributed by atoms with van der Waals surface area (Å²) in [6, 6.07) is 8.37. The summed E-state index contributed by atoms with van der Waals surface area (Å²) in [5, 5.41) is 25.0. The van der Waals surface area contributed by atoms with E-state index in [0.29, 0.717) is 17.3 Å². The monoisotopic (exact) mass is 592 g/mol. The van der Waals surface area contributed by atoms with Crippen LogP contribution in [-0.2, 0) is 7.05 Å². The van der Waals surface area contributed by atoms with Gasteiger partial charge >= 0.3 is 0 Å². The maximum absolute atomic E-state index is 8.02. The first-order valence-corrected chi connectivity index (χ1v) is 14.8. The smallest absolute Gasteiger partial charge is 0.254 e. The van der Waals surface area contributed by atoms with Gasteiger partial charge in [0.1, 0.15) is 11.4 Å². The van der Waals surface area contributed by atoms with E-state index in [0.717, 1.165) is 20.7 Å². The van der Waals surface area contributed by atoms with Crippen LogP contribution in [-0.4, -0.2) is 69.9 Å². The predicted molar refractivity (Wildman–Crippen MR) is 133 cm³/mol. The Morgan fingerprint density at radius 2 is 1.61 bits per heavy atom. The zero-order valence-electron chi connectivity index (χ0n) is 18.4. The molecule has 0 fully saturated rings. The minimum absolute atomic E-state index is 0.502. The molecule has 0 atom stereocenters. The second-order valence-corrected chi connectivity index (χ2v) is 15.0. The summed E-state index contributed by atoms with van der Waals surface area (Å²) in [5.41, 5.74) is 9.44. The molecule has 0 bridgehead atoms. The van der Waals surface area contributed by atoms with Gasteiger partial charge < -0.3 is 5.53 Å². The van der Waals surface area contributed by atoms with Crippen molar-refractivity contribution in [3.63, 3.8) is 0 Å². The molecule has 0 saturated heterocycles. The van der Waals surface area contributed by atoms with Crippen LogP contribution in [0.3, 0.4) is 0 Å². The van der Waals surface area contributed by atoms with Crippen LogP contribution in [0.15, 0.2) is 45.6 Å². The van der Waals surface area contributed by atoms with Crippen LogP contribution in [0.4, 0.5) is 0 Å². The number of nitrogens with zero attached hydrogens (tertiary/aromatic N) is 11. The van der Waals surface area contributed by atoms with Crippen molar-refractivity contribution in [2.24, 2.45) is 7.05 Å². The van der Waals surface area contributed by atoms with Crippen molar-refractivity contribution in [1.29, 1.82) is 0 Å². The maximum Gasteiger partial charge on any atom is 0.254 e. The summed E-state index contributed by atoms with van der Waals surface area (Å²) in [7, 11) is 0.730. The van der Waals surface area contributed by atoms with Crippen molar-refractivity contribution >= 4 is 46.1 Å². The third-order valence-electron chi connectivity index (χ3n) is 3.55. The third kappa shape index (κ3) is 9.99. The van der Waals surface area contributed by atoms with E-state index in [4.69, 9.17) is 5.53 Å². The number of aromatic amines is 1. The van der Waals surface area contributed by atoms with E-state index >= 15 is 0 Å². The highest BCUT2D eigenvalue weighted by Gasteiger charge is 2.12. The zero-order valence-corrected chi connectivity index (χ0v) is 22.6. The van der Waals surface area contributed by atoms with E-state index in [1.165, 1.54) is 4.80 Å². The number of halogens is 2. The molecule has 4 aromatic heterocycles. The molecule has 1 N–H and O–H groups in total. The van der Waals surface area contributed by atoms with Gasteiger partial charge in [-0.05, 0) is 66.6 Å². The molecule has 0 amide bonds. The Labute approximate surface area is 208 Å². The molecule has 12 nitrogen and oxygen atoms in total. The van der Waals surface area contributed by atoms with Gasteiger partial charge in [-0.2, -0.15) is 14.8 Å². The van der Waals surface area contributed by atoms with E-state index in [-0.39, 0.29) is 0 Å². The molecule has 0 radical (unpaired) electrons. The molecule has 0 spiro atoms. The SMILES string of the molecule is Brc1ccc(-c2nn[nH]n2)nc1.C[Si](C)(C)CC=[N+]=[N-].Cn1nnc(-c2ccc(Br)cn2)n1. The molecule has 0 aliphatic rings. The Balaban J connectivity index is 0.000000181. The average Bonchev–Trinajstić information content (AvgIpc) is 3.46. The van der Waals surface area contributed by atoms with E-state index in [9.17, 15) is 0 Å². The topological polar surface area (TPSA) is 160 Å². The summed E-state index contributed by atoms with van der Waals surface area (Å²) in [6.07, 6.45) is 4.96. The molecular formula is C18H22Br2N12Si. The number of rotatable bonds is 4. The van der Waals surface area contributed by atoms with Gasteiger partial charge in [-0.25, -0.2) is 0 Å². The number of tetrazole rings is 2. The fourth-order valence-corrected chi connectivity index (χ4v) is 3.09. The quantitative estimate of drug-likeness (QED) is 0.162. The minimum Gasteiger partial charge on any atom is -0.362 e. The number of pyridine rings is 2. The fraction of sp³-hybridized carbons (Fsp3) is 0.278. The molecule has 0 saturated carbocycles. The molecular weight excluding hydrogens is 572 g/mol. The van der Waals surface area contributed by atoms with Crippen molar-refractivity contribution < 1.29 is 4.79 Å². The first-order valence-electron chi connectivity index (χ1n) is 9.55. The van der Waals surface area contributed by atoms with Gasteiger partial charge in [0.05, 0.1) is 15.1 Å². The van der Waals surface area contributed by atoms with Gasteiger partial charge in [-0.15, -0.1) is 20.4 Å². The van der Waals surface area contributed by atoms with E-state index in [1.807, 2.05) is 24.3 Å². The van der Waals surface area contributed by atoms with Crippen LogP contribution in [0.25, 0.3) is 28.6 Å². The highest BCUT2D eigenvalue weighted by Crippen LogP contribution is 2.14. The van der Waals surface area contributed by atoms with Crippen molar-refractivity contribution in [2.75, 3.05) is 0 Å². The molecule has 4 aromatic rings. The van der Waals surface area contributed by atoms with Gasteiger partial charge in [0.2, 0.25) is 11.6 Å². The summed E-state index contributed by atoms with van der Waals surface area (Å²) in [6.45, 7) is 6.69. The molecule has 0 aromatic carbocycles. The van der Waals surface area contributed by atoms with Crippen molar-refractivity contribution in [1.82, 2.24) is 50.8 Å². The van der Waals surface area contributed by atoms with Gasteiger partial charge in [0, 0.05) is 27.4 Å². The summed E-state index contributed by atoms with van der Waals surface area (Å²) >= 11 is 6.58. The number of aryl methyl sites for hydroxylation is 1. The largest absolute Gasteiger partial charge is 0.362 e. The first kappa shape index (κ1) is 26.3. The zero-order chi connectivity index (χ0) is 24.3. The van der Waals surface area contributed by atoms with Crippen LogP contribution >= 0.6 is 31.9 Å². The summed E-state index contributed by atoms with van der Waals surface area (Å²) in [4.78, 5) is 12.6. The Morgan fingerprint density at radius 1 is 1.00 bits per heavy atom.